The van der Waals surface area contributed by atoms with Gasteiger partial charge >= 0.3 is 6.03 Å². The van der Waals surface area contributed by atoms with Crippen LogP contribution in [0.2, 0.25) is 0 Å². The van der Waals surface area contributed by atoms with Crippen molar-refractivity contribution in [3.05, 3.63) is 18.3 Å². The lowest BCUT2D eigenvalue weighted by Gasteiger charge is -2.26. The lowest BCUT2D eigenvalue weighted by atomic mass is 10.1. The molecule has 0 aliphatic carbocycles. The van der Waals surface area contributed by atoms with Gasteiger partial charge in [-0.2, -0.15) is 0 Å². The summed E-state index contributed by atoms with van der Waals surface area (Å²) in [5.41, 5.74) is 0.570. The first-order valence-electron chi connectivity index (χ1n) is 7.60. The van der Waals surface area contributed by atoms with Crippen LogP contribution in [0.15, 0.2) is 18.3 Å². The van der Waals surface area contributed by atoms with Crippen molar-refractivity contribution in [3.8, 4) is 5.88 Å². The number of ether oxygens (including phenoxy) is 1. The van der Waals surface area contributed by atoms with Crippen LogP contribution in [-0.4, -0.2) is 48.1 Å². The Balaban J connectivity index is 1.78. The lowest BCUT2D eigenvalue weighted by molar-refractivity contribution is -0.134. The van der Waals surface area contributed by atoms with Crippen LogP contribution in [-0.2, 0) is 4.79 Å². The number of piperidine rings is 1. The zero-order valence-corrected chi connectivity index (χ0v) is 12.8. The molecule has 1 saturated heterocycles. The molecule has 1 aliphatic heterocycles. The Morgan fingerprint density at radius 1 is 1.27 bits per heavy atom. The molecule has 0 bridgehead atoms. The van der Waals surface area contributed by atoms with Crippen molar-refractivity contribution in [1.82, 2.24) is 15.2 Å². The molecule has 22 heavy (non-hydrogen) atoms. The molecule has 0 spiro atoms. The first-order valence-corrected chi connectivity index (χ1v) is 7.60. The van der Waals surface area contributed by atoms with Crippen molar-refractivity contribution in [2.24, 2.45) is 0 Å². The van der Waals surface area contributed by atoms with Gasteiger partial charge in [0.2, 0.25) is 5.88 Å². The smallest absolute Gasteiger partial charge is 0.319 e. The van der Waals surface area contributed by atoms with Crippen molar-refractivity contribution in [2.75, 3.05) is 31.6 Å². The molecule has 120 valence electrons. The topological polar surface area (TPSA) is 83.6 Å². The highest BCUT2D eigenvalue weighted by atomic mass is 16.5. The number of hydrogen-bond donors (Lipinski definition) is 2. The molecule has 3 amide bonds. The van der Waals surface area contributed by atoms with Gasteiger partial charge < -0.3 is 20.3 Å². The third-order valence-electron chi connectivity index (χ3n) is 3.38. The number of nitrogens with one attached hydrogen (secondary N) is 2. The molecule has 1 aromatic rings. The van der Waals surface area contributed by atoms with Crippen LogP contribution in [0.3, 0.4) is 0 Å². The molecule has 1 fully saturated rings. The van der Waals surface area contributed by atoms with Crippen molar-refractivity contribution < 1.29 is 14.3 Å². The maximum Gasteiger partial charge on any atom is 0.319 e. The summed E-state index contributed by atoms with van der Waals surface area (Å²) in [5.74, 6) is 0.359. The first kappa shape index (κ1) is 16.1. The average molecular weight is 306 g/mol. The van der Waals surface area contributed by atoms with Gasteiger partial charge in [0.1, 0.15) is 0 Å². The lowest BCUT2D eigenvalue weighted by Crippen LogP contribution is -2.38. The van der Waals surface area contributed by atoms with Crippen LogP contribution < -0.4 is 15.4 Å². The van der Waals surface area contributed by atoms with E-state index in [2.05, 4.69) is 15.6 Å². The molecule has 2 heterocycles. The van der Waals surface area contributed by atoms with Crippen molar-refractivity contribution >= 4 is 17.6 Å². The van der Waals surface area contributed by atoms with E-state index in [-0.39, 0.29) is 18.5 Å². The quantitative estimate of drug-likeness (QED) is 0.866. The molecule has 1 aliphatic rings. The van der Waals surface area contributed by atoms with E-state index < -0.39 is 0 Å². The molecule has 0 unspecified atom stereocenters. The molecular formula is C15H22N4O3. The van der Waals surface area contributed by atoms with E-state index in [0.717, 1.165) is 25.9 Å². The molecule has 0 saturated carbocycles. The Hall–Kier alpha value is -2.31. The number of amides is 3. The van der Waals surface area contributed by atoms with E-state index >= 15 is 0 Å². The normalized spacial score (nSPS) is 14.3. The molecule has 0 aromatic carbocycles. The minimum atomic E-state index is -0.279. The van der Waals surface area contributed by atoms with Crippen molar-refractivity contribution in [2.45, 2.75) is 26.2 Å². The summed E-state index contributed by atoms with van der Waals surface area (Å²) in [5, 5.41) is 5.27. The average Bonchev–Trinajstić information content (AvgIpc) is 2.55. The third kappa shape index (κ3) is 4.91. The van der Waals surface area contributed by atoms with Gasteiger partial charge in [-0.25, -0.2) is 9.78 Å². The van der Waals surface area contributed by atoms with Gasteiger partial charge in [0, 0.05) is 25.7 Å². The predicted octanol–water partition coefficient (Wildman–Crippen LogP) is 1.61. The van der Waals surface area contributed by atoms with Gasteiger partial charge in [-0.15, -0.1) is 0 Å². The summed E-state index contributed by atoms with van der Waals surface area (Å²) in [6.07, 6.45) is 4.80. The highest BCUT2D eigenvalue weighted by Gasteiger charge is 2.16. The monoisotopic (exact) mass is 306 g/mol. The number of likely N-dealkylation sites (tertiary alicyclic amines) is 1. The number of urea groups is 1. The first-order chi connectivity index (χ1) is 10.7. The van der Waals surface area contributed by atoms with Crippen molar-refractivity contribution in [3.63, 3.8) is 0 Å². The minimum Gasteiger partial charge on any atom is -0.468 e. The highest BCUT2D eigenvalue weighted by molar-refractivity contribution is 5.88. The molecule has 7 heteroatoms. The summed E-state index contributed by atoms with van der Waals surface area (Å²) in [6, 6.07) is 3.03. The van der Waals surface area contributed by atoms with Gasteiger partial charge in [-0.1, -0.05) is 0 Å². The zero-order valence-electron chi connectivity index (χ0n) is 12.8. The number of carbonyl (C=O) groups excluding carboxylic acids is 2. The van der Waals surface area contributed by atoms with Crippen LogP contribution >= 0.6 is 0 Å². The minimum absolute atomic E-state index is 0.00387. The highest BCUT2D eigenvalue weighted by Crippen LogP contribution is 2.13. The van der Waals surface area contributed by atoms with Gasteiger partial charge in [0.05, 0.1) is 11.9 Å². The second-order valence-electron chi connectivity index (χ2n) is 5.10. The number of hydrogen-bond acceptors (Lipinski definition) is 4. The maximum atomic E-state index is 12.0. The SMILES string of the molecule is CCNC(=O)Nc1ccc(OCC(=O)N2CCCCC2)nc1. The molecular weight excluding hydrogens is 284 g/mol. The zero-order chi connectivity index (χ0) is 15.8. The third-order valence-corrected chi connectivity index (χ3v) is 3.38. The number of nitrogens with zero attached hydrogens (tertiary/aromatic N) is 2. The summed E-state index contributed by atoms with van der Waals surface area (Å²) >= 11 is 0. The molecule has 2 rings (SSSR count). The number of aromatic nitrogens is 1. The molecule has 2 N–H and O–H groups in total. The Labute approximate surface area is 130 Å². The van der Waals surface area contributed by atoms with Gasteiger partial charge in [-0.3, -0.25) is 4.79 Å². The Morgan fingerprint density at radius 2 is 2.05 bits per heavy atom. The second kappa shape index (κ2) is 8.21. The van der Waals surface area contributed by atoms with E-state index in [1.165, 1.54) is 12.6 Å². The van der Waals surface area contributed by atoms with Gasteiger partial charge in [-0.05, 0) is 32.3 Å². The largest absolute Gasteiger partial charge is 0.468 e. The van der Waals surface area contributed by atoms with Crippen LogP contribution in [0.4, 0.5) is 10.5 Å². The Morgan fingerprint density at radius 3 is 2.68 bits per heavy atom. The number of rotatable bonds is 5. The van der Waals surface area contributed by atoms with E-state index in [0.29, 0.717) is 18.1 Å². The number of anilines is 1. The van der Waals surface area contributed by atoms with E-state index in [1.54, 1.807) is 12.1 Å². The number of carbonyl (C=O) groups is 2. The molecule has 0 atom stereocenters. The maximum absolute atomic E-state index is 12.0. The number of pyridine rings is 1. The summed E-state index contributed by atoms with van der Waals surface area (Å²) in [4.78, 5) is 29.2. The van der Waals surface area contributed by atoms with E-state index in [4.69, 9.17) is 4.74 Å². The Kier molecular flexibility index (Phi) is 6.00. The molecule has 7 nitrogen and oxygen atoms in total. The van der Waals surface area contributed by atoms with Crippen molar-refractivity contribution in [1.29, 1.82) is 0 Å². The summed E-state index contributed by atoms with van der Waals surface area (Å²) in [7, 11) is 0. The van der Waals surface area contributed by atoms with Crippen LogP contribution in [0, 0.1) is 0 Å². The fourth-order valence-electron chi connectivity index (χ4n) is 2.25. The van der Waals surface area contributed by atoms with E-state index in [9.17, 15) is 9.59 Å². The Bertz CT molecular complexity index is 498. The van der Waals surface area contributed by atoms with Crippen LogP contribution in [0.1, 0.15) is 26.2 Å². The second-order valence-corrected chi connectivity index (χ2v) is 5.10. The standard InChI is InChI=1S/C15H22N4O3/c1-2-16-15(21)18-12-6-7-13(17-10-12)22-11-14(20)19-8-4-3-5-9-19/h6-7,10H,2-5,8-9,11H2,1H3,(H2,16,18,21). The fourth-order valence-corrected chi connectivity index (χ4v) is 2.25. The van der Waals surface area contributed by atoms with Gasteiger partial charge in [0.25, 0.3) is 5.91 Å². The van der Waals surface area contributed by atoms with E-state index in [1.807, 2.05) is 11.8 Å². The summed E-state index contributed by atoms with van der Waals surface area (Å²) < 4.78 is 5.40. The van der Waals surface area contributed by atoms with Crippen LogP contribution in [0.25, 0.3) is 0 Å². The fraction of sp³-hybridized carbons (Fsp3) is 0.533. The predicted molar refractivity (Wildman–Crippen MR) is 82.9 cm³/mol. The molecule has 1 aromatic heterocycles. The van der Waals surface area contributed by atoms with Gasteiger partial charge in [0.15, 0.2) is 6.61 Å². The van der Waals surface area contributed by atoms with Crippen LogP contribution in [0.5, 0.6) is 5.88 Å². The summed E-state index contributed by atoms with van der Waals surface area (Å²) in [6.45, 7) is 4.01. The molecule has 0 radical (unpaired) electrons.